The number of rotatable bonds is 3. The molecular formula is C16H18O5. The Morgan fingerprint density at radius 1 is 1.10 bits per heavy atom. The number of aliphatic hydroxyl groups is 3. The van der Waals surface area contributed by atoms with Crippen molar-refractivity contribution in [2.45, 2.75) is 31.0 Å². The lowest BCUT2D eigenvalue weighted by Gasteiger charge is -2.36. The van der Waals surface area contributed by atoms with Gasteiger partial charge in [0.1, 0.15) is 11.9 Å². The Kier molecular flexibility index (Phi) is 4.07. The van der Waals surface area contributed by atoms with Gasteiger partial charge >= 0.3 is 0 Å². The molecule has 1 heterocycles. The zero-order chi connectivity index (χ0) is 14.8. The van der Waals surface area contributed by atoms with E-state index >= 15 is 0 Å². The molecule has 0 amide bonds. The summed E-state index contributed by atoms with van der Waals surface area (Å²) in [5, 5.41) is 31.0. The van der Waals surface area contributed by atoms with Crippen LogP contribution < -0.4 is 4.74 Å². The van der Waals surface area contributed by atoms with Crippen molar-refractivity contribution in [3.8, 4) is 5.75 Å². The average Bonchev–Trinajstić information content (AvgIpc) is 2.51. The molecule has 0 spiro atoms. The smallest absolute Gasteiger partial charge is 0.229 e. The van der Waals surface area contributed by atoms with Gasteiger partial charge in [-0.25, -0.2) is 0 Å². The number of aliphatic hydroxyl groups excluding tert-OH is 3. The number of fused-ring (bicyclic) bond motifs is 1. The summed E-state index contributed by atoms with van der Waals surface area (Å²) in [5.74, 6) is 0.545. The molecule has 1 saturated heterocycles. The fourth-order valence-corrected chi connectivity index (χ4v) is 2.51. The van der Waals surface area contributed by atoms with E-state index in [2.05, 4.69) is 0 Å². The third-order valence-corrected chi connectivity index (χ3v) is 3.68. The van der Waals surface area contributed by atoms with Crippen molar-refractivity contribution >= 4 is 10.8 Å². The molecule has 5 nitrogen and oxygen atoms in total. The molecule has 1 fully saturated rings. The Labute approximate surface area is 122 Å². The summed E-state index contributed by atoms with van der Waals surface area (Å²) in [5.41, 5.74) is 0. The maximum Gasteiger partial charge on any atom is 0.229 e. The van der Waals surface area contributed by atoms with Crippen LogP contribution in [0.4, 0.5) is 0 Å². The zero-order valence-corrected chi connectivity index (χ0v) is 11.4. The predicted molar refractivity (Wildman–Crippen MR) is 77.0 cm³/mol. The molecular weight excluding hydrogens is 272 g/mol. The third-order valence-electron chi connectivity index (χ3n) is 3.68. The topological polar surface area (TPSA) is 79.2 Å². The van der Waals surface area contributed by atoms with Gasteiger partial charge in [-0.2, -0.15) is 0 Å². The van der Waals surface area contributed by atoms with Crippen LogP contribution >= 0.6 is 0 Å². The van der Waals surface area contributed by atoms with Gasteiger partial charge in [0.25, 0.3) is 0 Å². The zero-order valence-electron chi connectivity index (χ0n) is 11.4. The van der Waals surface area contributed by atoms with Crippen LogP contribution in [0, 0.1) is 0 Å². The van der Waals surface area contributed by atoms with Crippen LogP contribution in [0.3, 0.4) is 0 Å². The molecule has 2 aromatic rings. The average molecular weight is 290 g/mol. The molecule has 0 unspecified atom stereocenters. The monoisotopic (exact) mass is 290 g/mol. The minimum Gasteiger partial charge on any atom is -0.462 e. The molecule has 3 rings (SSSR count). The summed E-state index contributed by atoms with van der Waals surface area (Å²) in [6.45, 7) is -0.221. The summed E-state index contributed by atoms with van der Waals surface area (Å²) in [4.78, 5) is 0. The molecule has 2 aromatic carbocycles. The third kappa shape index (κ3) is 3.01. The van der Waals surface area contributed by atoms with Crippen LogP contribution in [0.25, 0.3) is 10.8 Å². The first-order valence-electron chi connectivity index (χ1n) is 6.95. The van der Waals surface area contributed by atoms with Crippen LogP contribution in [0.15, 0.2) is 42.5 Å². The fraction of sp³-hybridized carbons (Fsp3) is 0.375. The molecule has 1 aliphatic rings. The molecule has 1 aliphatic heterocycles. The Morgan fingerprint density at radius 3 is 2.62 bits per heavy atom. The van der Waals surface area contributed by atoms with Gasteiger partial charge in [-0.1, -0.05) is 30.3 Å². The Balaban J connectivity index is 1.79. The standard InChI is InChI=1S/C16H18O5/c17-9-13-8-14(18)15(19)16(21-13)20-12-6-5-10-3-1-2-4-11(10)7-12/h1-7,13-19H,8-9H2/t13-,14-,15-,16+/m1/s1. The van der Waals surface area contributed by atoms with Crippen molar-refractivity contribution in [1.82, 2.24) is 0 Å². The molecule has 5 heteroatoms. The Hall–Kier alpha value is -1.66. The minimum absolute atomic E-state index is 0.190. The molecule has 3 N–H and O–H groups in total. The maximum atomic E-state index is 9.94. The van der Waals surface area contributed by atoms with Gasteiger partial charge in [0, 0.05) is 6.42 Å². The van der Waals surface area contributed by atoms with E-state index in [1.807, 2.05) is 36.4 Å². The molecule has 112 valence electrons. The van der Waals surface area contributed by atoms with Crippen LogP contribution in [-0.4, -0.2) is 46.5 Å². The number of ether oxygens (including phenoxy) is 2. The van der Waals surface area contributed by atoms with E-state index in [9.17, 15) is 10.2 Å². The van der Waals surface area contributed by atoms with Gasteiger partial charge in [0.15, 0.2) is 0 Å². The summed E-state index contributed by atoms with van der Waals surface area (Å²) in [6, 6.07) is 13.4. The molecule has 0 saturated carbocycles. The summed E-state index contributed by atoms with van der Waals surface area (Å²) in [6.07, 6.45) is -3.45. The SMILES string of the molecule is OC[C@H]1C[C@@H](O)[C@@H](O)[C@@H](Oc2ccc3ccccc3c2)O1. The highest BCUT2D eigenvalue weighted by Crippen LogP contribution is 2.26. The van der Waals surface area contributed by atoms with Gasteiger partial charge < -0.3 is 24.8 Å². The van der Waals surface area contributed by atoms with Crippen LogP contribution in [-0.2, 0) is 4.74 Å². The summed E-state index contributed by atoms with van der Waals surface area (Å²) < 4.78 is 11.1. The van der Waals surface area contributed by atoms with Gasteiger partial charge in [-0.15, -0.1) is 0 Å². The molecule has 0 radical (unpaired) electrons. The number of hydrogen-bond donors (Lipinski definition) is 3. The molecule has 4 atom stereocenters. The lowest BCUT2D eigenvalue weighted by atomic mass is 10.0. The summed E-state index contributed by atoms with van der Waals surface area (Å²) >= 11 is 0. The second-order valence-corrected chi connectivity index (χ2v) is 5.23. The van der Waals surface area contributed by atoms with Crippen LogP contribution in [0.1, 0.15) is 6.42 Å². The quantitative estimate of drug-likeness (QED) is 0.787. The van der Waals surface area contributed by atoms with Gasteiger partial charge in [0.05, 0.1) is 18.8 Å². The molecule has 21 heavy (non-hydrogen) atoms. The molecule has 0 aromatic heterocycles. The Bertz CT molecular complexity index is 614. The van der Waals surface area contributed by atoms with Crippen LogP contribution in [0.5, 0.6) is 5.75 Å². The molecule has 0 aliphatic carbocycles. The lowest BCUT2D eigenvalue weighted by molar-refractivity contribution is -0.240. The first-order valence-corrected chi connectivity index (χ1v) is 6.95. The normalized spacial score (nSPS) is 29.5. The maximum absolute atomic E-state index is 9.94. The van der Waals surface area contributed by atoms with Crippen molar-refractivity contribution < 1.29 is 24.8 Å². The van der Waals surface area contributed by atoms with E-state index in [1.165, 1.54) is 0 Å². The first kappa shape index (κ1) is 14.3. The van der Waals surface area contributed by atoms with Crippen molar-refractivity contribution in [2.24, 2.45) is 0 Å². The van der Waals surface area contributed by atoms with Crippen molar-refractivity contribution in [2.75, 3.05) is 6.61 Å². The van der Waals surface area contributed by atoms with Crippen molar-refractivity contribution in [3.05, 3.63) is 42.5 Å². The van der Waals surface area contributed by atoms with E-state index in [-0.39, 0.29) is 13.0 Å². The van der Waals surface area contributed by atoms with Gasteiger partial charge in [-0.3, -0.25) is 0 Å². The van der Waals surface area contributed by atoms with E-state index in [1.54, 1.807) is 6.07 Å². The number of hydrogen-bond acceptors (Lipinski definition) is 5. The highest BCUT2D eigenvalue weighted by atomic mass is 16.7. The second-order valence-electron chi connectivity index (χ2n) is 5.23. The second kappa shape index (κ2) is 5.99. The number of benzene rings is 2. The molecule has 0 bridgehead atoms. The fourth-order valence-electron chi connectivity index (χ4n) is 2.51. The van der Waals surface area contributed by atoms with Crippen LogP contribution in [0.2, 0.25) is 0 Å². The lowest BCUT2D eigenvalue weighted by Crippen LogP contribution is -2.51. The Morgan fingerprint density at radius 2 is 1.86 bits per heavy atom. The summed E-state index contributed by atoms with van der Waals surface area (Å²) in [7, 11) is 0. The highest BCUT2D eigenvalue weighted by molar-refractivity contribution is 5.83. The minimum atomic E-state index is -1.14. The first-order chi connectivity index (χ1) is 10.2. The van der Waals surface area contributed by atoms with E-state index in [0.717, 1.165) is 10.8 Å². The largest absolute Gasteiger partial charge is 0.462 e. The van der Waals surface area contributed by atoms with Crippen molar-refractivity contribution in [1.29, 1.82) is 0 Å². The van der Waals surface area contributed by atoms with E-state index in [0.29, 0.717) is 5.75 Å². The van der Waals surface area contributed by atoms with Gasteiger partial charge in [0.2, 0.25) is 6.29 Å². The van der Waals surface area contributed by atoms with E-state index in [4.69, 9.17) is 14.6 Å². The van der Waals surface area contributed by atoms with Crippen molar-refractivity contribution in [3.63, 3.8) is 0 Å². The van der Waals surface area contributed by atoms with E-state index < -0.39 is 24.6 Å². The highest BCUT2D eigenvalue weighted by Gasteiger charge is 2.38. The van der Waals surface area contributed by atoms with Gasteiger partial charge in [-0.05, 0) is 22.9 Å². The predicted octanol–water partition coefficient (Wildman–Crippen LogP) is 1.05.